The van der Waals surface area contributed by atoms with E-state index in [0.717, 1.165) is 43.5 Å². The Bertz CT molecular complexity index is 964. The quantitative estimate of drug-likeness (QED) is 0.353. The lowest BCUT2D eigenvalue weighted by Crippen LogP contribution is -2.30. The molecule has 2 aliphatic rings. The summed E-state index contributed by atoms with van der Waals surface area (Å²) in [4.78, 5) is 26.1. The first-order valence-corrected chi connectivity index (χ1v) is 14.5. The topological polar surface area (TPSA) is 104 Å². The molecule has 1 atom stereocenters. The van der Waals surface area contributed by atoms with Gasteiger partial charge in [0, 0.05) is 31.8 Å². The minimum absolute atomic E-state index is 0.0556. The number of fused-ring (bicyclic) bond motifs is 1. The molecule has 1 aromatic carbocycles. The van der Waals surface area contributed by atoms with Gasteiger partial charge < -0.3 is 35.0 Å². The van der Waals surface area contributed by atoms with Crippen LogP contribution in [0, 0.1) is 0 Å². The summed E-state index contributed by atoms with van der Waals surface area (Å²) in [5, 5.41) is 13.6. The maximum absolute atomic E-state index is 10.7. The first-order valence-electron chi connectivity index (χ1n) is 14.5. The number of likely N-dealkylation sites (tertiary alicyclic amines) is 1. The molecule has 1 saturated heterocycles. The fourth-order valence-electron chi connectivity index (χ4n) is 5.18. The minimum Gasteiger partial charge on any atom is -0.497 e. The van der Waals surface area contributed by atoms with Gasteiger partial charge in [-0.15, -0.1) is 0 Å². The Balaban J connectivity index is 0.000000358. The molecule has 2 aromatic rings. The van der Waals surface area contributed by atoms with E-state index in [1.807, 2.05) is 26.0 Å². The predicted octanol–water partition coefficient (Wildman–Crippen LogP) is 4.95. The second-order valence-electron chi connectivity index (χ2n) is 10.2. The number of ether oxygens (including phenoxy) is 1. The molecule has 8 heteroatoms. The minimum atomic E-state index is 0.0556. The van der Waals surface area contributed by atoms with Gasteiger partial charge in [0.2, 0.25) is 0 Å². The Morgan fingerprint density at radius 2 is 1.82 bits per heavy atom. The fraction of sp³-hybridized carbons (Fsp3) is 0.594. The first-order chi connectivity index (χ1) is 19.5. The number of aliphatic hydroxyl groups excluding tert-OH is 1. The van der Waals surface area contributed by atoms with Gasteiger partial charge in [0.15, 0.2) is 0 Å². The number of benzene rings is 1. The van der Waals surface area contributed by atoms with Gasteiger partial charge >= 0.3 is 0 Å². The lowest BCUT2D eigenvalue weighted by atomic mass is 9.91. The van der Waals surface area contributed by atoms with E-state index in [1.54, 1.807) is 7.11 Å². The maximum Gasteiger partial charge on any atom is 0.129 e. The summed E-state index contributed by atoms with van der Waals surface area (Å²) >= 11 is 0. The molecule has 0 radical (unpaired) electrons. The van der Waals surface area contributed by atoms with Crippen LogP contribution in [0.25, 0.3) is 0 Å². The summed E-state index contributed by atoms with van der Waals surface area (Å²) in [5.74, 6) is 2.40. The second kappa shape index (κ2) is 21.0. The van der Waals surface area contributed by atoms with Crippen molar-refractivity contribution in [3.8, 4) is 5.75 Å². The summed E-state index contributed by atoms with van der Waals surface area (Å²) < 4.78 is 5.25. The highest BCUT2D eigenvalue weighted by Gasteiger charge is 2.16. The van der Waals surface area contributed by atoms with Gasteiger partial charge in [0.1, 0.15) is 24.6 Å². The maximum atomic E-state index is 10.7. The van der Waals surface area contributed by atoms with Crippen molar-refractivity contribution >= 4 is 18.9 Å². The van der Waals surface area contributed by atoms with Crippen LogP contribution in [-0.4, -0.2) is 75.5 Å². The molecule has 224 valence electrons. The number of carbonyl (C=O) groups is 2. The summed E-state index contributed by atoms with van der Waals surface area (Å²) in [5.41, 5.74) is 5.05. The van der Waals surface area contributed by atoms with E-state index in [-0.39, 0.29) is 6.04 Å². The molecule has 3 heterocycles. The number of methoxy groups -OCH3 is 1. The smallest absolute Gasteiger partial charge is 0.129 e. The van der Waals surface area contributed by atoms with Crippen molar-refractivity contribution in [2.45, 2.75) is 77.2 Å². The van der Waals surface area contributed by atoms with Crippen molar-refractivity contribution in [3.63, 3.8) is 0 Å². The van der Waals surface area contributed by atoms with Crippen molar-refractivity contribution in [2.24, 2.45) is 0 Å². The number of aldehydes is 1. The fourth-order valence-corrected chi connectivity index (χ4v) is 5.18. The third-order valence-corrected chi connectivity index (χ3v) is 7.28. The summed E-state index contributed by atoms with van der Waals surface area (Å²) in [6.45, 7) is 11.2. The zero-order valence-electron chi connectivity index (χ0n) is 25.4. The zero-order chi connectivity index (χ0) is 29.8. The van der Waals surface area contributed by atoms with Gasteiger partial charge in [-0.05, 0) is 106 Å². The van der Waals surface area contributed by atoms with Crippen molar-refractivity contribution in [2.75, 3.05) is 52.8 Å². The van der Waals surface area contributed by atoms with E-state index in [1.165, 1.54) is 75.0 Å². The lowest BCUT2D eigenvalue weighted by Gasteiger charge is -2.26. The highest BCUT2D eigenvalue weighted by atomic mass is 16.5. The summed E-state index contributed by atoms with van der Waals surface area (Å²) in [6, 6.07) is 10.6. The van der Waals surface area contributed by atoms with Gasteiger partial charge in [0.25, 0.3) is 0 Å². The third-order valence-electron chi connectivity index (χ3n) is 7.28. The number of carbonyl (C=O) groups excluding carboxylic acids is 2. The zero-order valence-corrected chi connectivity index (χ0v) is 25.4. The molecule has 4 rings (SSSR count). The SMILES string of the molecule is C=O.CNC(CC=O)c1cc(OC)ccc1C(C)C.CO.c1cc2c(nc1CCCN1CCCCC1)NCCC2. The molecule has 1 aromatic heterocycles. The predicted molar refractivity (Wildman–Crippen MR) is 164 cm³/mol. The van der Waals surface area contributed by atoms with Gasteiger partial charge in [-0.2, -0.15) is 0 Å². The molecule has 0 saturated carbocycles. The molecule has 0 spiro atoms. The van der Waals surface area contributed by atoms with E-state index in [0.29, 0.717) is 12.3 Å². The number of pyridine rings is 1. The number of rotatable bonds is 10. The summed E-state index contributed by atoms with van der Waals surface area (Å²) in [6.07, 6.45) is 10.4. The number of anilines is 1. The summed E-state index contributed by atoms with van der Waals surface area (Å²) in [7, 11) is 4.53. The molecule has 1 unspecified atom stereocenters. The second-order valence-corrected chi connectivity index (χ2v) is 10.2. The molecule has 1 fully saturated rings. The molecule has 0 aliphatic carbocycles. The van der Waals surface area contributed by atoms with E-state index in [9.17, 15) is 4.79 Å². The highest BCUT2D eigenvalue weighted by Crippen LogP contribution is 2.30. The number of nitrogens with one attached hydrogen (secondary N) is 2. The molecule has 0 bridgehead atoms. The molecular weight excluding hydrogens is 504 g/mol. The van der Waals surface area contributed by atoms with Crippen LogP contribution in [0.3, 0.4) is 0 Å². The van der Waals surface area contributed by atoms with Crippen LogP contribution in [0.2, 0.25) is 0 Å². The van der Waals surface area contributed by atoms with E-state index in [4.69, 9.17) is 19.6 Å². The van der Waals surface area contributed by atoms with Crippen LogP contribution in [0.1, 0.15) is 86.7 Å². The first kappa shape index (κ1) is 35.2. The number of hydrogen-bond acceptors (Lipinski definition) is 8. The van der Waals surface area contributed by atoms with Crippen LogP contribution >= 0.6 is 0 Å². The average Bonchev–Trinajstić information content (AvgIpc) is 3.02. The molecule has 3 N–H and O–H groups in total. The monoisotopic (exact) mass is 556 g/mol. The van der Waals surface area contributed by atoms with Gasteiger partial charge in [-0.1, -0.05) is 32.4 Å². The number of aryl methyl sites for hydroxylation is 2. The number of aromatic nitrogens is 1. The van der Waals surface area contributed by atoms with E-state index < -0.39 is 0 Å². The standard InChI is InChI=1S/C16H25N3.C14H21NO2.CH4O.CH2O/c1-2-11-19(12-3-1)13-5-7-15-9-8-14-6-4-10-17-16(14)18-15;1-10(2)12-6-5-11(17-4)9-13(12)14(15-3)7-8-16;2*1-2/h8-9H,1-7,10-13H2,(H,17,18);5-6,8-10,14-15H,7H2,1-4H3;2H,1H3;1H2. The number of nitrogens with zero attached hydrogens (tertiary/aromatic N) is 2. The molecular formula is C32H52N4O4. The lowest BCUT2D eigenvalue weighted by molar-refractivity contribution is -0.108. The van der Waals surface area contributed by atoms with Gasteiger partial charge in [-0.3, -0.25) is 0 Å². The third kappa shape index (κ3) is 11.7. The van der Waals surface area contributed by atoms with Crippen LogP contribution in [0.15, 0.2) is 30.3 Å². The van der Waals surface area contributed by atoms with E-state index >= 15 is 0 Å². The Morgan fingerprint density at radius 1 is 1.10 bits per heavy atom. The molecule has 8 nitrogen and oxygen atoms in total. The van der Waals surface area contributed by atoms with Crippen molar-refractivity contribution in [3.05, 3.63) is 52.7 Å². The Morgan fingerprint density at radius 3 is 2.45 bits per heavy atom. The normalized spacial score (nSPS) is 15.0. The number of piperidine rings is 1. The Hall–Kier alpha value is -2.81. The van der Waals surface area contributed by atoms with Crippen LogP contribution in [0.4, 0.5) is 5.82 Å². The molecule has 2 aliphatic heterocycles. The number of aliphatic hydroxyl groups is 1. The van der Waals surface area contributed by atoms with Gasteiger partial charge in [-0.25, -0.2) is 4.98 Å². The van der Waals surface area contributed by atoms with Gasteiger partial charge in [0.05, 0.1) is 7.11 Å². The van der Waals surface area contributed by atoms with E-state index in [2.05, 4.69) is 47.6 Å². The highest BCUT2D eigenvalue weighted by molar-refractivity contribution is 5.53. The number of hydrogen-bond donors (Lipinski definition) is 3. The largest absolute Gasteiger partial charge is 0.497 e. The van der Waals surface area contributed by atoms with Crippen molar-refractivity contribution < 1.29 is 19.4 Å². The van der Waals surface area contributed by atoms with Crippen LogP contribution in [0.5, 0.6) is 5.75 Å². The average molecular weight is 557 g/mol. The Labute approximate surface area is 241 Å². The Kier molecular flexibility index (Phi) is 18.5. The van der Waals surface area contributed by atoms with Crippen LogP contribution in [-0.2, 0) is 22.4 Å². The van der Waals surface area contributed by atoms with Crippen LogP contribution < -0.4 is 15.4 Å². The molecule has 0 amide bonds. The van der Waals surface area contributed by atoms with Crippen molar-refractivity contribution in [1.82, 2.24) is 15.2 Å². The van der Waals surface area contributed by atoms with Crippen molar-refractivity contribution in [1.29, 1.82) is 0 Å². The molecule has 40 heavy (non-hydrogen) atoms.